The van der Waals surface area contributed by atoms with E-state index < -0.39 is 0 Å². The molecule has 0 saturated carbocycles. The average Bonchev–Trinajstić information content (AvgIpc) is 2.66. The van der Waals surface area contributed by atoms with Crippen molar-refractivity contribution in [2.45, 2.75) is 13.0 Å². The van der Waals surface area contributed by atoms with Crippen molar-refractivity contribution in [1.82, 2.24) is 0 Å². The van der Waals surface area contributed by atoms with Gasteiger partial charge in [-0.25, -0.2) is 0 Å². The molecular weight excluding hydrogens is 198 g/mol. The zero-order chi connectivity index (χ0) is 9.97. The van der Waals surface area contributed by atoms with Gasteiger partial charge in [-0.05, 0) is 19.1 Å². The Labute approximate surface area is 87.3 Å². The SMILES string of the molecule is CC1CN(c2ccc(C=O)s2)CCO1. The minimum absolute atomic E-state index is 0.283. The number of carbonyl (C=O) groups is 1. The van der Waals surface area contributed by atoms with E-state index >= 15 is 0 Å². The monoisotopic (exact) mass is 211 g/mol. The second-order valence-corrected chi connectivity index (χ2v) is 4.52. The first-order chi connectivity index (χ1) is 6.79. The molecule has 1 saturated heterocycles. The summed E-state index contributed by atoms with van der Waals surface area (Å²) in [6.45, 7) is 4.68. The summed E-state index contributed by atoms with van der Waals surface area (Å²) in [7, 11) is 0. The van der Waals surface area contributed by atoms with Crippen molar-refractivity contribution in [3.63, 3.8) is 0 Å². The molecule has 3 nitrogen and oxygen atoms in total. The Morgan fingerprint density at radius 1 is 1.64 bits per heavy atom. The summed E-state index contributed by atoms with van der Waals surface area (Å²) >= 11 is 1.54. The molecule has 1 aromatic heterocycles. The minimum Gasteiger partial charge on any atom is -0.375 e. The Morgan fingerprint density at radius 3 is 3.14 bits per heavy atom. The second kappa shape index (κ2) is 4.11. The first kappa shape index (κ1) is 9.68. The smallest absolute Gasteiger partial charge is 0.160 e. The third kappa shape index (κ3) is 1.96. The van der Waals surface area contributed by atoms with Crippen molar-refractivity contribution >= 4 is 22.6 Å². The largest absolute Gasteiger partial charge is 0.375 e. The first-order valence-electron chi connectivity index (χ1n) is 4.71. The van der Waals surface area contributed by atoms with Crippen LogP contribution in [-0.2, 0) is 4.74 Å². The molecule has 2 heterocycles. The van der Waals surface area contributed by atoms with Gasteiger partial charge in [0.15, 0.2) is 6.29 Å². The molecule has 0 aromatic carbocycles. The van der Waals surface area contributed by atoms with Crippen LogP contribution >= 0.6 is 11.3 Å². The molecule has 14 heavy (non-hydrogen) atoms. The molecule has 0 amide bonds. The van der Waals surface area contributed by atoms with E-state index in [-0.39, 0.29) is 6.10 Å². The van der Waals surface area contributed by atoms with Gasteiger partial charge in [0.25, 0.3) is 0 Å². The molecule has 0 spiro atoms. The van der Waals surface area contributed by atoms with Crippen LogP contribution in [0.2, 0.25) is 0 Å². The summed E-state index contributed by atoms with van der Waals surface area (Å²) in [5.41, 5.74) is 0. The predicted octanol–water partition coefficient (Wildman–Crippen LogP) is 1.79. The van der Waals surface area contributed by atoms with Crippen molar-refractivity contribution in [1.29, 1.82) is 0 Å². The number of ether oxygens (including phenoxy) is 1. The highest BCUT2D eigenvalue weighted by molar-refractivity contribution is 7.17. The maximum absolute atomic E-state index is 10.5. The molecule has 1 aromatic rings. The lowest BCUT2D eigenvalue weighted by Gasteiger charge is -2.31. The number of thiophene rings is 1. The molecular formula is C10H13NO2S. The van der Waals surface area contributed by atoms with E-state index in [1.807, 2.05) is 12.1 Å². The molecule has 0 aliphatic carbocycles. The molecule has 0 radical (unpaired) electrons. The molecule has 1 aliphatic heterocycles. The van der Waals surface area contributed by atoms with Crippen molar-refractivity contribution in [3.8, 4) is 0 Å². The fourth-order valence-electron chi connectivity index (χ4n) is 1.59. The number of anilines is 1. The second-order valence-electron chi connectivity index (χ2n) is 3.42. The Morgan fingerprint density at radius 2 is 2.50 bits per heavy atom. The summed E-state index contributed by atoms with van der Waals surface area (Å²) in [6, 6.07) is 3.87. The number of morpholine rings is 1. The van der Waals surface area contributed by atoms with Crippen LogP contribution in [0.4, 0.5) is 5.00 Å². The molecule has 0 N–H and O–H groups in total. The number of carbonyl (C=O) groups excluding carboxylic acids is 1. The van der Waals surface area contributed by atoms with E-state index in [4.69, 9.17) is 4.74 Å². The van der Waals surface area contributed by atoms with Crippen LogP contribution in [-0.4, -0.2) is 32.1 Å². The van der Waals surface area contributed by atoms with Gasteiger partial charge >= 0.3 is 0 Å². The molecule has 76 valence electrons. The van der Waals surface area contributed by atoms with Crippen LogP contribution in [0, 0.1) is 0 Å². The number of nitrogens with zero attached hydrogens (tertiary/aromatic N) is 1. The quantitative estimate of drug-likeness (QED) is 0.698. The highest BCUT2D eigenvalue weighted by atomic mass is 32.1. The van der Waals surface area contributed by atoms with Gasteiger partial charge in [0.05, 0.1) is 22.6 Å². The van der Waals surface area contributed by atoms with Gasteiger partial charge in [0, 0.05) is 13.1 Å². The third-order valence-corrected chi connectivity index (χ3v) is 3.35. The Balaban J connectivity index is 2.09. The van der Waals surface area contributed by atoms with Gasteiger partial charge in [0.2, 0.25) is 0 Å². The van der Waals surface area contributed by atoms with Gasteiger partial charge in [-0.1, -0.05) is 0 Å². The van der Waals surface area contributed by atoms with Crippen molar-refractivity contribution < 1.29 is 9.53 Å². The number of aldehydes is 1. The number of hydrogen-bond donors (Lipinski definition) is 0. The Kier molecular flexibility index (Phi) is 2.84. The maximum atomic E-state index is 10.5. The Hall–Kier alpha value is -0.870. The maximum Gasteiger partial charge on any atom is 0.160 e. The zero-order valence-corrected chi connectivity index (χ0v) is 8.92. The molecule has 0 bridgehead atoms. The van der Waals surface area contributed by atoms with E-state index in [9.17, 15) is 4.79 Å². The zero-order valence-electron chi connectivity index (χ0n) is 8.10. The Bertz CT molecular complexity index is 324. The van der Waals surface area contributed by atoms with Crippen LogP contribution < -0.4 is 4.90 Å². The first-order valence-corrected chi connectivity index (χ1v) is 5.53. The summed E-state index contributed by atoms with van der Waals surface area (Å²) in [4.78, 5) is 13.6. The molecule has 4 heteroatoms. The van der Waals surface area contributed by atoms with E-state index in [0.29, 0.717) is 0 Å². The minimum atomic E-state index is 0.283. The summed E-state index contributed by atoms with van der Waals surface area (Å²) in [5, 5.41) is 1.17. The van der Waals surface area contributed by atoms with Gasteiger partial charge in [-0.2, -0.15) is 0 Å². The topological polar surface area (TPSA) is 29.5 Å². The number of rotatable bonds is 2. The van der Waals surface area contributed by atoms with Crippen LogP contribution in [0.25, 0.3) is 0 Å². The normalized spacial score (nSPS) is 22.4. The fourth-order valence-corrected chi connectivity index (χ4v) is 2.45. The molecule has 1 aliphatic rings. The van der Waals surface area contributed by atoms with Crippen molar-refractivity contribution in [2.24, 2.45) is 0 Å². The fraction of sp³-hybridized carbons (Fsp3) is 0.500. The predicted molar refractivity (Wildman–Crippen MR) is 57.3 cm³/mol. The van der Waals surface area contributed by atoms with Crippen molar-refractivity contribution in [2.75, 3.05) is 24.6 Å². The van der Waals surface area contributed by atoms with E-state index in [2.05, 4.69) is 11.8 Å². The summed E-state index contributed by atoms with van der Waals surface area (Å²) < 4.78 is 5.46. The van der Waals surface area contributed by atoms with E-state index in [0.717, 1.165) is 30.9 Å². The third-order valence-electron chi connectivity index (χ3n) is 2.28. The van der Waals surface area contributed by atoms with Crippen LogP contribution in [0.5, 0.6) is 0 Å². The summed E-state index contributed by atoms with van der Waals surface area (Å²) in [5.74, 6) is 0. The standard InChI is InChI=1S/C10H13NO2S/c1-8-6-11(4-5-13-8)10-3-2-9(7-12)14-10/h2-3,7-8H,4-6H2,1H3. The average molecular weight is 211 g/mol. The summed E-state index contributed by atoms with van der Waals surface area (Å²) in [6.07, 6.45) is 1.18. The molecule has 1 atom stereocenters. The highest BCUT2D eigenvalue weighted by Gasteiger charge is 2.17. The molecule has 2 rings (SSSR count). The lowest BCUT2D eigenvalue weighted by Crippen LogP contribution is -2.40. The van der Waals surface area contributed by atoms with Crippen LogP contribution in [0.15, 0.2) is 12.1 Å². The van der Waals surface area contributed by atoms with Gasteiger partial charge in [0.1, 0.15) is 0 Å². The lowest BCUT2D eigenvalue weighted by atomic mass is 10.3. The van der Waals surface area contributed by atoms with Crippen LogP contribution in [0.1, 0.15) is 16.6 Å². The van der Waals surface area contributed by atoms with Gasteiger partial charge in [-0.3, -0.25) is 4.79 Å². The highest BCUT2D eigenvalue weighted by Crippen LogP contribution is 2.26. The van der Waals surface area contributed by atoms with E-state index in [1.165, 1.54) is 5.00 Å². The van der Waals surface area contributed by atoms with Gasteiger partial charge < -0.3 is 9.64 Å². The van der Waals surface area contributed by atoms with Gasteiger partial charge in [-0.15, -0.1) is 11.3 Å². The number of hydrogen-bond acceptors (Lipinski definition) is 4. The molecule has 1 fully saturated rings. The van der Waals surface area contributed by atoms with Crippen LogP contribution in [0.3, 0.4) is 0 Å². The van der Waals surface area contributed by atoms with E-state index in [1.54, 1.807) is 11.3 Å². The van der Waals surface area contributed by atoms with Crippen molar-refractivity contribution in [3.05, 3.63) is 17.0 Å². The molecule has 1 unspecified atom stereocenters. The lowest BCUT2D eigenvalue weighted by molar-refractivity contribution is 0.0534.